The fraction of sp³-hybridized carbons (Fsp3) is 0.417. The van der Waals surface area contributed by atoms with Gasteiger partial charge in [-0.3, -0.25) is 9.59 Å². The van der Waals surface area contributed by atoms with Gasteiger partial charge in [0, 0.05) is 13.1 Å². The average molecular weight is 415 g/mol. The third kappa shape index (κ3) is 6.58. The highest BCUT2D eigenvalue weighted by Crippen LogP contribution is 2.18. The highest BCUT2D eigenvalue weighted by Gasteiger charge is 2.29. The van der Waals surface area contributed by atoms with Crippen molar-refractivity contribution in [1.29, 1.82) is 0 Å². The normalized spacial score (nSPS) is 11.8. The minimum Gasteiger partial charge on any atom is -0.481 e. The Bertz CT molecular complexity index is 854. The summed E-state index contributed by atoms with van der Waals surface area (Å²) in [7, 11) is 0. The van der Waals surface area contributed by atoms with Crippen LogP contribution in [-0.2, 0) is 16.1 Å². The molecule has 0 fully saturated rings. The van der Waals surface area contributed by atoms with E-state index in [1.54, 1.807) is 12.1 Å². The van der Waals surface area contributed by atoms with Crippen molar-refractivity contribution in [2.45, 2.75) is 46.7 Å². The Morgan fingerprint density at radius 3 is 2.40 bits per heavy atom. The van der Waals surface area contributed by atoms with E-state index in [9.17, 15) is 14.0 Å². The van der Waals surface area contributed by atoms with E-state index >= 15 is 0 Å². The van der Waals surface area contributed by atoms with Crippen LogP contribution in [0.2, 0.25) is 0 Å². The van der Waals surface area contributed by atoms with E-state index in [1.807, 2.05) is 52.0 Å². The molecule has 1 atom stereocenters. The molecule has 0 saturated carbocycles. The summed E-state index contributed by atoms with van der Waals surface area (Å²) in [5.41, 5.74) is 1.98. The molecule has 5 nitrogen and oxygen atoms in total. The summed E-state index contributed by atoms with van der Waals surface area (Å²) >= 11 is 0. The van der Waals surface area contributed by atoms with E-state index < -0.39 is 11.9 Å². The zero-order valence-corrected chi connectivity index (χ0v) is 18.2. The van der Waals surface area contributed by atoms with Crippen LogP contribution in [0, 0.1) is 18.7 Å². The molecule has 0 saturated heterocycles. The number of amides is 2. The van der Waals surface area contributed by atoms with Gasteiger partial charge in [0.2, 0.25) is 5.91 Å². The lowest BCUT2D eigenvalue weighted by Gasteiger charge is -2.31. The number of aryl methyl sites for hydroxylation is 1. The summed E-state index contributed by atoms with van der Waals surface area (Å²) in [5, 5.41) is 2.92. The van der Waals surface area contributed by atoms with Crippen LogP contribution in [0.5, 0.6) is 5.75 Å². The lowest BCUT2D eigenvalue weighted by atomic mass is 10.1. The fourth-order valence-electron chi connectivity index (χ4n) is 3.10. The van der Waals surface area contributed by atoms with Gasteiger partial charge in [0.05, 0.1) is 0 Å². The number of para-hydroxylation sites is 1. The molecule has 1 N–H and O–H groups in total. The van der Waals surface area contributed by atoms with Gasteiger partial charge >= 0.3 is 0 Å². The van der Waals surface area contributed by atoms with Crippen LogP contribution in [0.1, 0.15) is 38.3 Å². The molecule has 0 aliphatic rings. The van der Waals surface area contributed by atoms with Crippen molar-refractivity contribution in [3.05, 3.63) is 65.5 Å². The van der Waals surface area contributed by atoms with E-state index in [0.29, 0.717) is 18.9 Å². The molecule has 2 rings (SSSR count). The minimum absolute atomic E-state index is 0.0130. The van der Waals surface area contributed by atoms with Gasteiger partial charge in [-0.15, -0.1) is 0 Å². The van der Waals surface area contributed by atoms with E-state index in [0.717, 1.165) is 11.1 Å². The maximum absolute atomic E-state index is 13.9. The van der Waals surface area contributed by atoms with Gasteiger partial charge in [0.15, 0.2) is 18.2 Å². The molecule has 6 heteroatoms. The lowest BCUT2D eigenvalue weighted by Crippen LogP contribution is -2.50. The molecule has 0 bridgehead atoms. The van der Waals surface area contributed by atoms with Gasteiger partial charge in [-0.05, 0) is 42.5 Å². The Morgan fingerprint density at radius 2 is 1.77 bits per heavy atom. The van der Waals surface area contributed by atoms with Gasteiger partial charge < -0.3 is 15.0 Å². The predicted octanol–water partition coefficient (Wildman–Crippen LogP) is 4.09. The van der Waals surface area contributed by atoms with Crippen molar-refractivity contribution in [3.8, 4) is 5.75 Å². The monoisotopic (exact) mass is 414 g/mol. The van der Waals surface area contributed by atoms with Crippen LogP contribution in [0.3, 0.4) is 0 Å². The van der Waals surface area contributed by atoms with Gasteiger partial charge in [-0.25, -0.2) is 4.39 Å². The molecule has 0 heterocycles. The van der Waals surface area contributed by atoms with Crippen molar-refractivity contribution in [3.63, 3.8) is 0 Å². The van der Waals surface area contributed by atoms with Crippen LogP contribution in [0.15, 0.2) is 48.5 Å². The second-order valence-electron chi connectivity index (χ2n) is 7.73. The number of benzene rings is 2. The molecule has 162 valence electrons. The van der Waals surface area contributed by atoms with Crippen LogP contribution in [-0.4, -0.2) is 35.9 Å². The number of carbonyl (C=O) groups excluding carboxylic acids is 2. The molecule has 0 aromatic heterocycles. The summed E-state index contributed by atoms with van der Waals surface area (Å²) in [5.74, 6) is -0.778. The van der Waals surface area contributed by atoms with E-state index in [2.05, 4.69) is 5.32 Å². The highest BCUT2D eigenvalue weighted by molar-refractivity contribution is 5.88. The van der Waals surface area contributed by atoms with Gasteiger partial charge in [0.1, 0.15) is 6.04 Å². The third-order valence-corrected chi connectivity index (χ3v) is 4.86. The SMILES string of the molecule is CC[C@H](C(=O)NCC(C)C)N(Cc1ccccc1C)C(=O)COc1ccccc1F. The molecule has 0 aliphatic heterocycles. The fourth-order valence-corrected chi connectivity index (χ4v) is 3.10. The first-order chi connectivity index (χ1) is 14.3. The molecule has 0 aliphatic carbocycles. The molecule has 0 radical (unpaired) electrons. The smallest absolute Gasteiger partial charge is 0.261 e. The molecule has 30 heavy (non-hydrogen) atoms. The summed E-state index contributed by atoms with van der Waals surface area (Å²) in [6, 6.07) is 13.0. The number of ether oxygens (including phenoxy) is 1. The Morgan fingerprint density at radius 1 is 1.10 bits per heavy atom. The van der Waals surface area contributed by atoms with Crippen LogP contribution < -0.4 is 10.1 Å². The largest absolute Gasteiger partial charge is 0.481 e. The Balaban J connectivity index is 2.22. The Kier molecular flexibility index (Phi) is 8.84. The summed E-state index contributed by atoms with van der Waals surface area (Å²) in [6.45, 7) is 8.33. The second kappa shape index (κ2) is 11.3. The number of hydrogen-bond donors (Lipinski definition) is 1. The number of hydrogen-bond acceptors (Lipinski definition) is 3. The number of nitrogens with one attached hydrogen (secondary N) is 1. The lowest BCUT2D eigenvalue weighted by molar-refractivity contribution is -0.143. The van der Waals surface area contributed by atoms with Crippen LogP contribution in [0.4, 0.5) is 4.39 Å². The quantitative estimate of drug-likeness (QED) is 0.637. The molecule has 2 amide bonds. The van der Waals surface area contributed by atoms with Crippen molar-refractivity contribution in [2.75, 3.05) is 13.2 Å². The predicted molar refractivity (Wildman–Crippen MR) is 116 cm³/mol. The first-order valence-electron chi connectivity index (χ1n) is 10.3. The standard InChI is InChI=1S/C24H31FN2O3/c1-5-21(24(29)26-14-17(2)3)27(15-19-11-7-6-10-18(19)4)23(28)16-30-22-13-9-8-12-20(22)25/h6-13,17,21H,5,14-16H2,1-4H3,(H,26,29)/t21-/m1/s1. The summed E-state index contributed by atoms with van der Waals surface area (Å²) in [4.78, 5) is 27.4. The van der Waals surface area contributed by atoms with Crippen molar-refractivity contribution >= 4 is 11.8 Å². The number of rotatable bonds is 10. The number of carbonyl (C=O) groups is 2. The number of nitrogens with zero attached hydrogens (tertiary/aromatic N) is 1. The second-order valence-corrected chi connectivity index (χ2v) is 7.73. The molecule has 0 unspecified atom stereocenters. The van der Waals surface area contributed by atoms with Gasteiger partial charge in [-0.2, -0.15) is 0 Å². The molecule has 2 aromatic rings. The Labute approximate surface area is 178 Å². The first-order valence-corrected chi connectivity index (χ1v) is 10.3. The zero-order valence-electron chi connectivity index (χ0n) is 18.2. The van der Waals surface area contributed by atoms with Crippen molar-refractivity contribution in [2.24, 2.45) is 5.92 Å². The van der Waals surface area contributed by atoms with Crippen molar-refractivity contribution < 1.29 is 18.7 Å². The molecule has 2 aromatic carbocycles. The maximum atomic E-state index is 13.9. The highest BCUT2D eigenvalue weighted by atomic mass is 19.1. The zero-order chi connectivity index (χ0) is 22.1. The van der Waals surface area contributed by atoms with Gasteiger partial charge in [0.25, 0.3) is 5.91 Å². The Hall–Kier alpha value is -2.89. The van der Waals surface area contributed by atoms with E-state index in [-0.39, 0.29) is 30.7 Å². The summed E-state index contributed by atoms with van der Waals surface area (Å²) in [6.07, 6.45) is 0.460. The number of halogens is 1. The van der Waals surface area contributed by atoms with Crippen molar-refractivity contribution in [1.82, 2.24) is 10.2 Å². The summed E-state index contributed by atoms with van der Waals surface area (Å²) < 4.78 is 19.3. The van der Waals surface area contributed by atoms with Crippen LogP contribution in [0.25, 0.3) is 0 Å². The molecule has 0 spiro atoms. The van der Waals surface area contributed by atoms with Crippen LogP contribution >= 0.6 is 0 Å². The third-order valence-electron chi connectivity index (χ3n) is 4.86. The minimum atomic E-state index is -0.639. The first kappa shape index (κ1) is 23.4. The maximum Gasteiger partial charge on any atom is 0.261 e. The van der Waals surface area contributed by atoms with E-state index in [4.69, 9.17) is 4.74 Å². The molecular weight excluding hydrogens is 383 g/mol. The average Bonchev–Trinajstić information content (AvgIpc) is 2.72. The molecular formula is C24H31FN2O3. The van der Waals surface area contributed by atoms with E-state index in [1.165, 1.54) is 17.0 Å². The van der Waals surface area contributed by atoms with Gasteiger partial charge in [-0.1, -0.05) is 57.2 Å². The topological polar surface area (TPSA) is 58.6 Å².